The van der Waals surface area contributed by atoms with Crippen LogP contribution >= 0.6 is 15.9 Å². The molecule has 2 rings (SSSR count). The molecule has 2 heteroatoms. The predicted molar refractivity (Wildman–Crippen MR) is 86.1 cm³/mol. The van der Waals surface area contributed by atoms with E-state index in [1.165, 1.54) is 29.3 Å². The maximum absolute atomic E-state index is 6.43. The van der Waals surface area contributed by atoms with Crippen molar-refractivity contribution in [3.8, 4) is 0 Å². The van der Waals surface area contributed by atoms with E-state index in [4.69, 9.17) is 5.73 Å². The van der Waals surface area contributed by atoms with Crippen molar-refractivity contribution in [2.75, 3.05) is 0 Å². The van der Waals surface area contributed by atoms with Crippen LogP contribution in [0, 0.1) is 17.3 Å². The number of hydrogen-bond acceptors (Lipinski definition) is 1. The van der Waals surface area contributed by atoms with Gasteiger partial charge < -0.3 is 5.73 Å². The minimum absolute atomic E-state index is 0.278. The van der Waals surface area contributed by atoms with Crippen molar-refractivity contribution in [1.82, 2.24) is 0 Å². The fourth-order valence-electron chi connectivity index (χ4n) is 3.70. The summed E-state index contributed by atoms with van der Waals surface area (Å²) in [5.74, 6) is 1.44. The fraction of sp³-hybridized carbons (Fsp3) is 0.647. The third-order valence-electron chi connectivity index (χ3n) is 4.71. The van der Waals surface area contributed by atoms with Gasteiger partial charge in [0.15, 0.2) is 0 Å². The van der Waals surface area contributed by atoms with Crippen LogP contribution in [0.4, 0.5) is 0 Å². The van der Waals surface area contributed by atoms with Gasteiger partial charge in [-0.05, 0) is 54.2 Å². The van der Waals surface area contributed by atoms with E-state index in [1.54, 1.807) is 0 Å². The Morgan fingerprint density at radius 1 is 1.32 bits per heavy atom. The second-order valence-electron chi connectivity index (χ2n) is 6.98. The SMILES string of the molecule is CC1CCC(C(C)(C)Cc2cccc(Br)c2)C(N)C1. The first-order chi connectivity index (χ1) is 8.88. The van der Waals surface area contributed by atoms with Gasteiger partial charge in [0, 0.05) is 10.5 Å². The molecule has 3 atom stereocenters. The van der Waals surface area contributed by atoms with Crippen molar-refractivity contribution in [3.05, 3.63) is 34.3 Å². The Morgan fingerprint density at radius 3 is 2.68 bits per heavy atom. The van der Waals surface area contributed by atoms with E-state index in [-0.39, 0.29) is 5.41 Å². The zero-order valence-electron chi connectivity index (χ0n) is 12.3. The number of halogens is 1. The van der Waals surface area contributed by atoms with Crippen molar-refractivity contribution in [2.45, 2.75) is 52.5 Å². The lowest BCUT2D eigenvalue weighted by Gasteiger charge is -2.43. The van der Waals surface area contributed by atoms with Crippen LogP contribution in [0.5, 0.6) is 0 Å². The van der Waals surface area contributed by atoms with Gasteiger partial charge in [-0.1, -0.05) is 55.3 Å². The summed E-state index contributed by atoms with van der Waals surface area (Å²) in [6.45, 7) is 7.10. The Bertz CT molecular complexity index is 427. The lowest BCUT2D eigenvalue weighted by Crippen LogP contribution is -2.44. The molecule has 0 aliphatic heterocycles. The first-order valence-corrected chi connectivity index (χ1v) is 8.18. The van der Waals surface area contributed by atoms with Gasteiger partial charge in [0.05, 0.1) is 0 Å². The van der Waals surface area contributed by atoms with Crippen LogP contribution in [0.3, 0.4) is 0 Å². The molecule has 1 aliphatic rings. The maximum atomic E-state index is 6.43. The zero-order valence-corrected chi connectivity index (χ0v) is 13.9. The number of benzene rings is 1. The molecule has 1 fully saturated rings. The third-order valence-corrected chi connectivity index (χ3v) is 5.21. The Morgan fingerprint density at radius 2 is 2.05 bits per heavy atom. The minimum Gasteiger partial charge on any atom is -0.327 e. The van der Waals surface area contributed by atoms with Crippen LogP contribution in [0.1, 0.15) is 45.6 Å². The summed E-state index contributed by atoms with van der Waals surface area (Å²) in [7, 11) is 0. The number of rotatable bonds is 3. The molecule has 0 saturated heterocycles. The third kappa shape index (κ3) is 3.82. The lowest BCUT2D eigenvalue weighted by atomic mass is 9.64. The molecule has 0 heterocycles. The standard InChI is InChI=1S/C17H26BrN/c1-12-7-8-15(16(19)9-12)17(2,3)11-13-5-4-6-14(18)10-13/h4-6,10,12,15-16H,7-9,11,19H2,1-3H3. The van der Waals surface area contributed by atoms with E-state index >= 15 is 0 Å². The highest BCUT2D eigenvalue weighted by Gasteiger charge is 2.37. The lowest BCUT2D eigenvalue weighted by molar-refractivity contribution is 0.113. The number of nitrogens with two attached hydrogens (primary N) is 1. The first-order valence-electron chi connectivity index (χ1n) is 7.38. The molecule has 3 unspecified atom stereocenters. The molecule has 1 aromatic carbocycles. The zero-order chi connectivity index (χ0) is 14.0. The van der Waals surface area contributed by atoms with E-state index in [1.807, 2.05) is 0 Å². The molecule has 1 aromatic rings. The van der Waals surface area contributed by atoms with Gasteiger partial charge in [-0.15, -0.1) is 0 Å². The average Bonchev–Trinajstić information content (AvgIpc) is 2.27. The van der Waals surface area contributed by atoms with Crippen molar-refractivity contribution in [1.29, 1.82) is 0 Å². The van der Waals surface area contributed by atoms with E-state index < -0.39 is 0 Å². The highest BCUT2D eigenvalue weighted by molar-refractivity contribution is 9.10. The molecule has 1 nitrogen and oxygen atoms in total. The van der Waals surface area contributed by atoms with Crippen LogP contribution < -0.4 is 5.73 Å². The molecular formula is C17H26BrN. The molecule has 1 saturated carbocycles. The second-order valence-corrected chi connectivity index (χ2v) is 7.90. The Kier molecular flexibility index (Phi) is 4.73. The molecular weight excluding hydrogens is 298 g/mol. The van der Waals surface area contributed by atoms with E-state index in [0.29, 0.717) is 12.0 Å². The van der Waals surface area contributed by atoms with E-state index in [2.05, 4.69) is 61.0 Å². The van der Waals surface area contributed by atoms with Gasteiger partial charge in [-0.3, -0.25) is 0 Å². The molecule has 0 aromatic heterocycles. The molecule has 0 spiro atoms. The largest absolute Gasteiger partial charge is 0.327 e. The quantitative estimate of drug-likeness (QED) is 0.850. The van der Waals surface area contributed by atoms with Gasteiger partial charge >= 0.3 is 0 Å². The normalized spacial score (nSPS) is 28.4. The van der Waals surface area contributed by atoms with Crippen molar-refractivity contribution in [2.24, 2.45) is 23.0 Å². The predicted octanol–water partition coefficient (Wildman–Crippen LogP) is 4.78. The second kappa shape index (κ2) is 5.97. The minimum atomic E-state index is 0.278. The van der Waals surface area contributed by atoms with Crippen LogP contribution in [-0.4, -0.2) is 6.04 Å². The molecule has 106 valence electrons. The Labute approximate surface area is 126 Å². The molecule has 0 radical (unpaired) electrons. The maximum Gasteiger partial charge on any atom is 0.0177 e. The highest BCUT2D eigenvalue weighted by Crippen LogP contribution is 2.41. The average molecular weight is 324 g/mol. The smallest absolute Gasteiger partial charge is 0.0177 e. The van der Waals surface area contributed by atoms with Gasteiger partial charge in [0.25, 0.3) is 0 Å². The molecule has 19 heavy (non-hydrogen) atoms. The summed E-state index contributed by atoms with van der Waals surface area (Å²) in [5, 5.41) is 0. The van der Waals surface area contributed by atoms with Crippen LogP contribution in [0.2, 0.25) is 0 Å². The molecule has 2 N–H and O–H groups in total. The van der Waals surface area contributed by atoms with Crippen molar-refractivity contribution < 1.29 is 0 Å². The van der Waals surface area contributed by atoms with E-state index in [0.717, 1.165) is 12.3 Å². The summed E-state index contributed by atoms with van der Waals surface area (Å²) < 4.78 is 1.17. The van der Waals surface area contributed by atoms with Crippen LogP contribution in [0.15, 0.2) is 28.7 Å². The van der Waals surface area contributed by atoms with Gasteiger partial charge in [-0.25, -0.2) is 0 Å². The monoisotopic (exact) mass is 323 g/mol. The summed E-state index contributed by atoms with van der Waals surface area (Å²) in [5.41, 5.74) is 8.12. The van der Waals surface area contributed by atoms with Crippen molar-refractivity contribution in [3.63, 3.8) is 0 Å². The van der Waals surface area contributed by atoms with E-state index in [9.17, 15) is 0 Å². The van der Waals surface area contributed by atoms with Gasteiger partial charge in [0.2, 0.25) is 0 Å². The van der Waals surface area contributed by atoms with Crippen LogP contribution in [-0.2, 0) is 6.42 Å². The summed E-state index contributed by atoms with van der Waals surface area (Å²) in [6.07, 6.45) is 4.91. The Hall–Kier alpha value is -0.340. The number of hydrogen-bond donors (Lipinski definition) is 1. The summed E-state index contributed by atoms with van der Waals surface area (Å²) in [6, 6.07) is 9.04. The van der Waals surface area contributed by atoms with Gasteiger partial charge in [-0.2, -0.15) is 0 Å². The van der Waals surface area contributed by atoms with Crippen molar-refractivity contribution >= 4 is 15.9 Å². The molecule has 0 bridgehead atoms. The fourth-order valence-corrected chi connectivity index (χ4v) is 4.15. The Balaban J connectivity index is 2.09. The summed E-state index contributed by atoms with van der Waals surface area (Å²) >= 11 is 3.56. The van der Waals surface area contributed by atoms with Crippen LogP contribution in [0.25, 0.3) is 0 Å². The first kappa shape index (κ1) is 15.1. The molecule has 1 aliphatic carbocycles. The van der Waals surface area contributed by atoms with Gasteiger partial charge in [0.1, 0.15) is 0 Å². The highest BCUT2D eigenvalue weighted by atomic mass is 79.9. The summed E-state index contributed by atoms with van der Waals surface area (Å²) in [4.78, 5) is 0. The molecule has 0 amide bonds. The topological polar surface area (TPSA) is 26.0 Å².